The number of hydrogen-bond acceptors (Lipinski definition) is 3. The summed E-state index contributed by atoms with van der Waals surface area (Å²) in [7, 11) is 5.72. The van der Waals surface area contributed by atoms with Crippen LogP contribution in [0.5, 0.6) is 5.75 Å². The second-order valence-corrected chi connectivity index (χ2v) is 4.94. The third-order valence-electron chi connectivity index (χ3n) is 3.11. The molecule has 1 rings (SSSR count). The molecule has 18 heavy (non-hydrogen) atoms. The van der Waals surface area contributed by atoms with Gasteiger partial charge < -0.3 is 14.9 Å². The van der Waals surface area contributed by atoms with Crippen molar-refractivity contribution < 1.29 is 9.90 Å². The van der Waals surface area contributed by atoms with Crippen molar-refractivity contribution in [1.82, 2.24) is 9.80 Å². The second-order valence-electron chi connectivity index (χ2n) is 4.94. The second kappa shape index (κ2) is 6.40. The van der Waals surface area contributed by atoms with Gasteiger partial charge in [-0.25, -0.2) is 0 Å². The summed E-state index contributed by atoms with van der Waals surface area (Å²) in [5.41, 5.74) is 0.934. The largest absolute Gasteiger partial charge is 0.508 e. The summed E-state index contributed by atoms with van der Waals surface area (Å²) in [5.74, 6) is 0.342. The van der Waals surface area contributed by atoms with Crippen LogP contribution in [0.4, 0.5) is 0 Å². The Morgan fingerprint density at radius 1 is 1.33 bits per heavy atom. The van der Waals surface area contributed by atoms with Crippen LogP contribution in [0.25, 0.3) is 0 Å². The molecule has 1 amide bonds. The first kappa shape index (κ1) is 14.5. The zero-order valence-corrected chi connectivity index (χ0v) is 11.6. The van der Waals surface area contributed by atoms with Gasteiger partial charge in [0.25, 0.3) is 0 Å². The average Bonchev–Trinajstić information content (AvgIpc) is 2.28. The number of carbonyl (C=O) groups excluding carboxylic acids is 1. The topological polar surface area (TPSA) is 43.8 Å². The standard InChI is InChI=1S/C14H22N2O2/c1-11(15(2)3)8-14(18)16(4)10-12-6-5-7-13(17)9-12/h5-7,9,11,17H,8,10H2,1-4H3/t11-/m1/s1. The van der Waals surface area contributed by atoms with E-state index in [9.17, 15) is 9.90 Å². The highest BCUT2D eigenvalue weighted by molar-refractivity contribution is 5.76. The van der Waals surface area contributed by atoms with Crippen molar-refractivity contribution in [2.45, 2.75) is 25.9 Å². The molecular formula is C14H22N2O2. The normalized spacial score (nSPS) is 12.5. The molecule has 0 fully saturated rings. The van der Waals surface area contributed by atoms with Crippen molar-refractivity contribution in [3.8, 4) is 5.75 Å². The van der Waals surface area contributed by atoms with E-state index in [1.165, 1.54) is 0 Å². The molecule has 0 aliphatic rings. The number of carbonyl (C=O) groups is 1. The molecule has 1 aromatic carbocycles. The quantitative estimate of drug-likeness (QED) is 0.865. The SMILES string of the molecule is C[C@H](CC(=O)N(C)Cc1cccc(O)c1)N(C)C. The van der Waals surface area contributed by atoms with E-state index in [4.69, 9.17) is 0 Å². The maximum Gasteiger partial charge on any atom is 0.224 e. The lowest BCUT2D eigenvalue weighted by atomic mass is 10.1. The molecule has 0 saturated heterocycles. The van der Waals surface area contributed by atoms with Crippen LogP contribution in [0.2, 0.25) is 0 Å². The Bertz CT molecular complexity index is 405. The lowest BCUT2D eigenvalue weighted by Crippen LogP contribution is -2.34. The molecular weight excluding hydrogens is 228 g/mol. The molecule has 1 N–H and O–H groups in total. The molecule has 4 heteroatoms. The van der Waals surface area contributed by atoms with Gasteiger partial charge in [-0.15, -0.1) is 0 Å². The number of phenolic OH excluding ortho intramolecular Hbond substituents is 1. The molecule has 100 valence electrons. The van der Waals surface area contributed by atoms with E-state index in [2.05, 4.69) is 0 Å². The van der Waals surface area contributed by atoms with Crippen LogP contribution in [0.1, 0.15) is 18.9 Å². The van der Waals surface area contributed by atoms with Gasteiger partial charge in [0, 0.05) is 26.1 Å². The van der Waals surface area contributed by atoms with Gasteiger partial charge >= 0.3 is 0 Å². The molecule has 1 aromatic rings. The first-order valence-electron chi connectivity index (χ1n) is 6.08. The van der Waals surface area contributed by atoms with Gasteiger partial charge in [0.15, 0.2) is 0 Å². The third-order valence-corrected chi connectivity index (χ3v) is 3.11. The molecule has 0 bridgehead atoms. The van der Waals surface area contributed by atoms with Crippen LogP contribution >= 0.6 is 0 Å². The summed E-state index contributed by atoms with van der Waals surface area (Å²) >= 11 is 0. The fraction of sp³-hybridized carbons (Fsp3) is 0.500. The van der Waals surface area contributed by atoms with E-state index in [1.807, 2.05) is 32.0 Å². The molecule has 0 aliphatic heterocycles. The summed E-state index contributed by atoms with van der Waals surface area (Å²) in [6.07, 6.45) is 0.502. The minimum Gasteiger partial charge on any atom is -0.508 e. The zero-order valence-electron chi connectivity index (χ0n) is 11.6. The average molecular weight is 250 g/mol. The van der Waals surface area contributed by atoms with Crippen molar-refractivity contribution >= 4 is 5.91 Å². The number of aromatic hydroxyl groups is 1. The van der Waals surface area contributed by atoms with Crippen LogP contribution in [-0.2, 0) is 11.3 Å². The first-order chi connectivity index (χ1) is 8.40. The van der Waals surface area contributed by atoms with Gasteiger partial charge in [0.05, 0.1) is 0 Å². The predicted molar refractivity (Wildman–Crippen MR) is 72.3 cm³/mol. The van der Waals surface area contributed by atoms with Gasteiger partial charge in [0.1, 0.15) is 5.75 Å². The van der Waals surface area contributed by atoms with E-state index in [0.717, 1.165) is 5.56 Å². The molecule has 0 saturated carbocycles. The van der Waals surface area contributed by atoms with Crippen molar-refractivity contribution in [1.29, 1.82) is 0 Å². The highest BCUT2D eigenvalue weighted by atomic mass is 16.3. The monoisotopic (exact) mass is 250 g/mol. The third kappa shape index (κ3) is 4.37. The minimum absolute atomic E-state index is 0.111. The Labute approximate surface area is 109 Å². The number of amides is 1. The van der Waals surface area contributed by atoms with Crippen LogP contribution in [-0.4, -0.2) is 48.0 Å². The molecule has 0 aromatic heterocycles. The molecule has 0 radical (unpaired) electrons. The summed E-state index contributed by atoms with van der Waals surface area (Å²) in [6, 6.07) is 7.22. The van der Waals surface area contributed by atoms with E-state index in [1.54, 1.807) is 30.1 Å². The van der Waals surface area contributed by atoms with Gasteiger partial charge in [-0.2, -0.15) is 0 Å². The fourth-order valence-electron chi connectivity index (χ4n) is 1.61. The molecule has 4 nitrogen and oxygen atoms in total. The first-order valence-corrected chi connectivity index (χ1v) is 6.08. The van der Waals surface area contributed by atoms with E-state index in [0.29, 0.717) is 13.0 Å². The van der Waals surface area contributed by atoms with E-state index in [-0.39, 0.29) is 17.7 Å². The Hall–Kier alpha value is -1.55. The molecule has 0 unspecified atom stereocenters. The number of rotatable bonds is 5. The fourth-order valence-corrected chi connectivity index (χ4v) is 1.61. The summed E-state index contributed by atoms with van der Waals surface area (Å²) in [4.78, 5) is 15.7. The van der Waals surface area contributed by atoms with Crippen LogP contribution in [0.3, 0.4) is 0 Å². The predicted octanol–water partition coefficient (Wildman–Crippen LogP) is 1.69. The number of hydrogen-bond donors (Lipinski definition) is 1. The lowest BCUT2D eigenvalue weighted by Gasteiger charge is -2.23. The molecule has 0 aliphatic carbocycles. The molecule has 1 atom stereocenters. The van der Waals surface area contributed by atoms with Crippen LogP contribution < -0.4 is 0 Å². The summed E-state index contributed by atoms with van der Waals surface area (Å²) in [5, 5.41) is 9.37. The Morgan fingerprint density at radius 3 is 2.56 bits per heavy atom. The van der Waals surface area contributed by atoms with Gasteiger partial charge in [0.2, 0.25) is 5.91 Å². The Morgan fingerprint density at radius 2 is 2.00 bits per heavy atom. The summed E-state index contributed by atoms with van der Waals surface area (Å²) < 4.78 is 0. The van der Waals surface area contributed by atoms with Gasteiger partial charge in [-0.3, -0.25) is 4.79 Å². The van der Waals surface area contributed by atoms with Crippen LogP contribution in [0, 0.1) is 0 Å². The van der Waals surface area contributed by atoms with Crippen molar-refractivity contribution in [2.24, 2.45) is 0 Å². The van der Waals surface area contributed by atoms with Crippen molar-refractivity contribution in [3.05, 3.63) is 29.8 Å². The molecule has 0 heterocycles. The van der Waals surface area contributed by atoms with Gasteiger partial charge in [-0.05, 0) is 38.7 Å². The number of phenols is 1. The number of benzene rings is 1. The number of nitrogens with zero attached hydrogens (tertiary/aromatic N) is 2. The van der Waals surface area contributed by atoms with Crippen molar-refractivity contribution in [2.75, 3.05) is 21.1 Å². The van der Waals surface area contributed by atoms with E-state index < -0.39 is 0 Å². The maximum absolute atomic E-state index is 12.0. The smallest absolute Gasteiger partial charge is 0.224 e. The lowest BCUT2D eigenvalue weighted by molar-refractivity contribution is -0.131. The van der Waals surface area contributed by atoms with Gasteiger partial charge in [-0.1, -0.05) is 12.1 Å². The maximum atomic E-state index is 12.0. The Kier molecular flexibility index (Phi) is 5.16. The Balaban J connectivity index is 2.55. The van der Waals surface area contributed by atoms with E-state index >= 15 is 0 Å². The molecule has 0 spiro atoms. The van der Waals surface area contributed by atoms with Crippen LogP contribution in [0.15, 0.2) is 24.3 Å². The van der Waals surface area contributed by atoms with Crippen molar-refractivity contribution in [3.63, 3.8) is 0 Å². The highest BCUT2D eigenvalue weighted by Crippen LogP contribution is 2.13. The zero-order chi connectivity index (χ0) is 13.7. The minimum atomic E-state index is 0.111. The highest BCUT2D eigenvalue weighted by Gasteiger charge is 2.14. The summed E-state index contributed by atoms with van der Waals surface area (Å²) in [6.45, 7) is 2.55.